The zero-order chi connectivity index (χ0) is 19.8. The number of nitrogens with one attached hydrogen (secondary N) is 1. The van der Waals surface area contributed by atoms with Gasteiger partial charge in [0, 0.05) is 35.9 Å². The summed E-state index contributed by atoms with van der Waals surface area (Å²) in [6.07, 6.45) is 1.09. The first-order valence-electron chi connectivity index (χ1n) is 9.49. The first-order chi connectivity index (χ1) is 13.4. The van der Waals surface area contributed by atoms with Crippen LogP contribution in [0.4, 0.5) is 11.4 Å². The second-order valence-corrected chi connectivity index (χ2v) is 7.31. The summed E-state index contributed by atoms with van der Waals surface area (Å²) < 4.78 is 0. The third kappa shape index (κ3) is 3.24. The molecule has 1 aliphatic rings. The molecule has 2 aromatic carbocycles. The number of benzene rings is 2. The van der Waals surface area contributed by atoms with Crippen LogP contribution in [0.15, 0.2) is 42.5 Å². The molecule has 0 radical (unpaired) electrons. The van der Waals surface area contributed by atoms with Gasteiger partial charge in [0.1, 0.15) is 0 Å². The van der Waals surface area contributed by atoms with E-state index < -0.39 is 0 Å². The van der Waals surface area contributed by atoms with Crippen molar-refractivity contribution < 1.29 is 9.59 Å². The van der Waals surface area contributed by atoms with Crippen LogP contribution in [0.1, 0.15) is 29.3 Å². The van der Waals surface area contributed by atoms with Gasteiger partial charge in [0.05, 0.1) is 11.9 Å². The summed E-state index contributed by atoms with van der Waals surface area (Å²) in [4.78, 5) is 30.8. The van der Waals surface area contributed by atoms with E-state index in [4.69, 9.17) is 0 Å². The van der Waals surface area contributed by atoms with Gasteiger partial charge in [-0.2, -0.15) is 0 Å². The minimum atomic E-state index is -0.0651. The Morgan fingerprint density at radius 2 is 1.93 bits per heavy atom. The van der Waals surface area contributed by atoms with E-state index >= 15 is 0 Å². The standard InChI is InChI=1S/C23H23N3O2/c1-14-19-6-4-5-7-21(19)24-15(2)20(14)13-23(28)25-18-8-9-22-17(12-18)10-11-26(22)16(3)27/h4-9,12H,10-11,13H2,1-3H3,(H,25,28). The van der Waals surface area contributed by atoms with Gasteiger partial charge < -0.3 is 10.2 Å². The number of hydrogen-bond acceptors (Lipinski definition) is 3. The third-order valence-electron chi connectivity index (χ3n) is 5.46. The molecule has 0 spiro atoms. The van der Waals surface area contributed by atoms with Crippen LogP contribution in [0.25, 0.3) is 10.9 Å². The number of para-hydroxylation sites is 1. The monoisotopic (exact) mass is 373 g/mol. The lowest BCUT2D eigenvalue weighted by atomic mass is 9.99. The summed E-state index contributed by atoms with van der Waals surface area (Å²) in [6, 6.07) is 13.7. The molecule has 28 heavy (non-hydrogen) atoms. The van der Waals surface area contributed by atoms with Crippen LogP contribution in [0.5, 0.6) is 0 Å². The molecule has 142 valence electrons. The molecular formula is C23H23N3O2. The van der Waals surface area contributed by atoms with Gasteiger partial charge in [-0.15, -0.1) is 0 Å². The van der Waals surface area contributed by atoms with Gasteiger partial charge in [-0.3, -0.25) is 14.6 Å². The molecule has 5 heteroatoms. The molecule has 0 aliphatic carbocycles. The number of hydrogen-bond donors (Lipinski definition) is 1. The van der Waals surface area contributed by atoms with E-state index in [1.165, 1.54) is 0 Å². The van der Waals surface area contributed by atoms with Crippen LogP contribution >= 0.6 is 0 Å². The van der Waals surface area contributed by atoms with Crippen molar-refractivity contribution in [2.24, 2.45) is 0 Å². The molecule has 0 saturated carbocycles. The Balaban J connectivity index is 1.54. The number of aromatic nitrogens is 1. The normalized spacial score (nSPS) is 12.9. The summed E-state index contributed by atoms with van der Waals surface area (Å²) in [7, 11) is 0. The van der Waals surface area contributed by atoms with Gasteiger partial charge in [-0.1, -0.05) is 18.2 Å². The SMILES string of the molecule is CC(=O)N1CCc2cc(NC(=O)Cc3c(C)nc4ccccc4c3C)ccc21. The molecule has 0 bridgehead atoms. The molecule has 3 aromatic rings. The Labute approximate surface area is 164 Å². The first kappa shape index (κ1) is 18.2. The molecule has 1 aliphatic heterocycles. The maximum Gasteiger partial charge on any atom is 0.228 e. The summed E-state index contributed by atoms with van der Waals surface area (Å²) in [6.45, 7) is 6.27. The van der Waals surface area contributed by atoms with Gasteiger partial charge >= 0.3 is 0 Å². The predicted molar refractivity (Wildman–Crippen MR) is 112 cm³/mol. The van der Waals surface area contributed by atoms with E-state index in [2.05, 4.69) is 10.3 Å². The molecular weight excluding hydrogens is 350 g/mol. The van der Waals surface area contributed by atoms with Crippen molar-refractivity contribution in [1.29, 1.82) is 0 Å². The van der Waals surface area contributed by atoms with Crippen molar-refractivity contribution in [3.8, 4) is 0 Å². The Hall–Kier alpha value is -3.21. The molecule has 4 rings (SSSR count). The lowest BCUT2D eigenvalue weighted by Crippen LogP contribution is -2.25. The van der Waals surface area contributed by atoms with Crippen molar-refractivity contribution >= 4 is 34.1 Å². The highest BCUT2D eigenvalue weighted by atomic mass is 16.2. The van der Waals surface area contributed by atoms with E-state index in [1.807, 2.05) is 56.3 Å². The zero-order valence-corrected chi connectivity index (χ0v) is 16.4. The summed E-state index contributed by atoms with van der Waals surface area (Å²) >= 11 is 0. The van der Waals surface area contributed by atoms with E-state index in [0.717, 1.165) is 51.1 Å². The first-order valence-corrected chi connectivity index (χ1v) is 9.49. The van der Waals surface area contributed by atoms with E-state index in [-0.39, 0.29) is 18.2 Å². The van der Waals surface area contributed by atoms with Crippen LogP contribution in [-0.4, -0.2) is 23.3 Å². The topological polar surface area (TPSA) is 62.3 Å². The third-order valence-corrected chi connectivity index (χ3v) is 5.46. The fourth-order valence-electron chi connectivity index (χ4n) is 4.00. The lowest BCUT2D eigenvalue weighted by Gasteiger charge is -2.15. The molecule has 2 amide bonds. The predicted octanol–water partition coefficient (Wildman–Crippen LogP) is 3.94. The minimum Gasteiger partial charge on any atom is -0.326 e. The maximum absolute atomic E-state index is 12.7. The number of rotatable bonds is 3. The molecule has 5 nitrogen and oxygen atoms in total. The van der Waals surface area contributed by atoms with Crippen LogP contribution in [0, 0.1) is 13.8 Å². The van der Waals surface area contributed by atoms with Crippen LogP contribution in [0.2, 0.25) is 0 Å². The van der Waals surface area contributed by atoms with Gasteiger partial charge in [0.15, 0.2) is 0 Å². The van der Waals surface area contributed by atoms with Crippen LogP contribution < -0.4 is 10.2 Å². The van der Waals surface area contributed by atoms with Crippen molar-refractivity contribution in [3.05, 3.63) is 64.8 Å². The Morgan fingerprint density at radius 3 is 2.71 bits per heavy atom. The number of carbonyl (C=O) groups is 2. The van der Waals surface area contributed by atoms with Crippen molar-refractivity contribution in [1.82, 2.24) is 4.98 Å². The fraction of sp³-hybridized carbons (Fsp3) is 0.261. The second kappa shape index (κ2) is 7.08. The quantitative estimate of drug-likeness (QED) is 0.756. The average molecular weight is 373 g/mol. The Morgan fingerprint density at radius 1 is 1.14 bits per heavy atom. The maximum atomic E-state index is 12.7. The van der Waals surface area contributed by atoms with Crippen LogP contribution in [0.3, 0.4) is 0 Å². The number of carbonyl (C=O) groups excluding carboxylic acids is 2. The summed E-state index contributed by atoms with van der Waals surface area (Å²) in [5, 5.41) is 4.08. The average Bonchev–Trinajstić information content (AvgIpc) is 3.08. The van der Waals surface area contributed by atoms with Gasteiger partial charge in [-0.05, 0) is 61.2 Å². The van der Waals surface area contributed by atoms with E-state index in [0.29, 0.717) is 6.54 Å². The van der Waals surface area contributed by atoms with Crippen molar-refractivity contribution in [2.75, 3.05) is 16.8 Å². The number of anilines is 2. The number of nitrogens with zero attached hydrogens (tertiary/aromatic N) is 2. The molecule has 0 unspecified atom stereocenters. The van der Waals surface area contributed by atoms with E-state index in [1.54, 1.807) is 11.8 Å². The van der Waals surface area contributed by atoms with E-state index in [9.17, 15) is 9.59 Å². The zero-order valence-electron chi connectivity index (χ0n) is 16.4. The number of fused-ring (bicyclic) bond motifs is 2. The highest BCUT2D eigenvalue weighted by Crippen LogP contribution is 2.30. The van der Waals surface area contributed by atoms with Gasteiger partial charge in [-0.25, -0.2) is 0 Å². The summed E-state index contributed by atoms with van der Waals surface area (Å²) in [5.41, 5.74) is 6.71. The summed E-state index contributed by atoms with van der Waals surface area (Å²) in [5.74, 6) is -0.0186. The van der Waals surface area contributed by atoms with Crippen LogP contribution in [-0.2, 0) is 22.4 Å². The number of aryl methyl sites for hydroxylation is 2. The molecule has 1 aromatic heterocycles. The highest BCUT2D eigenvalue weighted by Gasteiger charge is 2.22. The minimum absolute atomic E-state index is 0.0466. The fourth-order valence-corrected chi connectivity index (χ4v) is 4.00. The van der Waals surface area contributed by atoms with Gasteiger partial charge in [0.2, 0.25) is 11.8 Å². The largest absolute Gasteiger partial charge is 0.326 e. The smallest absolute Gasteiger partial charge is 0.228 e. The Bertz CT molecular complexity index is 1100. The Kier molecular flexibility index (Phi) is 4.59. The molecule has 0 atom stereocenters. The molecule has 0 saturated heterocycles. The highest BCUT2D eigenvalue weighted by molar-refractivity contribution is 5.96. The van der Waals surface area contributed by atoms with Gasteiger partial charge in [0.25, 0.3) is 0 Å². The number of pyridine rings is 1. The molecule has 1 N–H and O–H groups in total. The lowest BCUT2D eigenvalue weighted by molar-refractivity contribution is -0.117. The second-order valence-electron chi connectivity index (χ2n) is 7.31. The van der Waals surface area contributed by atoms with Crippen molar-refractivity contribution in [3.63, 3.8) is 0 Å². The molecule has 0 fully saturated rings. The number of amides is 2. The van der Waals surface area contributed by atoms with Crippen molar-refractivity contribution in [2.45, 2.75) is 33.6 Å². The molecule has 2 heterocycles.